The number of likely N-dealkylation sites (tertiary alicyclic amines) is 2. The van der Waals surface area contributed by atoms with Crippen LogP contribution < -0.4 is 5.32 Å². The molecule has 1 aromatic heterocycles. The highest BCUT2D eigenvalue weighted by Crippen LogP contribution is 2.38. The minimum absolute atomic E-state index is 0.00398. The Morgan fingerprint density at radius 1 is 0.906 bits per heavy atom. The smallest absolute Gasteiger partial charge is 0.381 e. The summed E-state index contributed by atoms with van der Waals surface area (Å²) in [5, 5.41) is 2.09. The van der Waals surface area contributed by atoms with Gasteiger partial charge in [-0.05, 0) is 74.7 Å². The number of piperidine rings is 2. The Morgan fingerprint density at radius 3 is 2.19 bits per heavy atom. The van der Waals surface area contributed by atoms with Crippen molar-refractivity contribution in [3.8, 4) is 11.3 Å². The largest absolute Gasteiger partial charge is 0.416 e. The third kappa shape index (κ3) is 8.85. The van der Waals surface area contributed by atoms with Crippen LogP contribution in [0.5, 0.6) is 0 Å². The highest BCUT2D eigenvalue weighted by atomic mass is 32.2. The van der Waals surface area contributed by atoms with Crippen molar-refractivity contribution in [1.29, 1.82) is 0 Å². The van der Waals surface area contributed by atoms with Crippen molar-refractivity contribution in [3.05, 3.63) is 95.1 Å². The van der Waals surface area contributed by atoms with Crippen LogP contribution in [0.15, 0.2) is 77.7 Å². The first-order chi connectivity index (χ1) is 25.0. The van der Waals surface area contributed by atoms with Crippen molar-refractivity contribution < 1.29 is 44.3 Å². The van der Waals surface area contributed by atoms with E-state index in [1.54, 1.807) is 7.11 Å². The second-order valence-electron chi connectivity index (χ2n) is 13.7. The topological polar surface area (TPSA) is 91.8 Å². The summed E-state index contributed by atoms with van der Waals surface area (Å²) in [4.78, 5) is 23.3. The monoisotopic (exact) mass is 762 g/mol. The summed E-state index contributed by atoms with van der Waals surface area (Å²) in [6, 6.07) is 12.7. The van der Waals surface area contributed by atoms with Gasteiger partial charge in [0, 0.05) is 55.6 Å². The van der Waals surface area contributed by atoms with Gasteiger partial charge in [0.25, 0.3) is 5.91 Å². The molecule has 0 radical (unpaired) electrons. The summed E-state index contributed by atoms with van der Waals surface area (Å²) >= 11 is 0. The Morgan fingerprint density at radius 2 is 1.58 bits per heavy atom. The number of sulfone groups is 1. The van der Waals surface area contributed by atoms with E-state index in [1.165, 1.54) is 60.7 Å². The fourth-order valence-electron chi connectivity index (χ4n) is 7.35. The molecule has 1 unspecified atom stereocenters. The Kier molecular flexibility index (Phi) is 11.2. The highest BCUT2D eigenvalue weighted by molar-refractivity contribution is 7.90. The second kappa shape index (κ2) is 15.4. The number of pyridine rings is 1. The average molecular weight is 763 g/mol. The zero-order valence-electron chi connectivity index (χ0n) is 29.2. The molecule has 2 saturated heterocycles. The first-order valence-electron chi connectivity index (χ1n) is 17.3. The van der Waals surface area contributed by atoms with Gasteiger partial charge in [-0.1, -0.05) is 42.5 Å². The van der Waals surface area contributed by atoms with E-state index in [0.717, 1.165) is 57.2 Å². The molecule has 0 bridgehead atoms. The fraction of sp³-hybridized carbons (Fsp3) is 0.421. The second-order valence-corrected chi connectivity index (χ2v) is 15.7. The molecule has 3 aromatic carbocycles. The Labute approximate surface area is 304 Å². The number of benzene rings is 3. The molecule has 1 amide bonds. The molecule has 3 heterocycles. The van der Waals surface area contributed by atoms with E-state index in [2.05, 4.69) is 15.2 Å². The van der Waals surface area contributed by atoms with Crippen LogP contribution in [0, 0.1) is 0 Å². The van der Waals surface area contributed by atoms with Crippen molar-refractivity contribution in [2.45, 2.75) is 67.7 Å². The summed E-state index contributed by atoms with van der Waals surface area (Å²) in [5.74, 6) is -1.17. The van der Waals surface area contributed by atoms with Crippen LogP contribution in [0.25, 0.3) is 22.2 Å². The summed E-state index contributed by atoms with van der Waals surface area (Å²) in [6.45, 7) is 2.79. The van der Waals surface area contributed by atoms with Crippen molar-refractivity contribution in [2.75, 3.05) is 39.5 Å². The molecule has 0 saturated carbocycles. The van der Waals surface area contributed by atoms with Gasteiger partial charge in [0.2, 0.25) is 0 Å². The van der Waals surface area contributed by atoms with E-state index < -0.39 is 39.7 Å². The van der Waals surface area contributed by atoms with Crippen molar-refractivity contribution in [1.82, 2.24) is 20.1 Å². The maximum Gasteiger partial charge on any atom is 0.416 e. The van der Waals surface area contributed by atoms with E-state index in [9.17, 15) is 39.6 Å². The Bertz CT molecular complexity index is 2040. The molecule has 1 N–H and O–H groups in total. The van der Waals surface area contributed by atoms with Crippen LogP contribution in [-0.2, 0) is 27.3 Å². The quantitative estimate of drug-likeness (QED) is 0.178. The summed E-state index contributed by atoms with van der Waals surface area (Å²) in [6.07, 6.45) is -5.15. The molecule has 2 fully saturated rings. The number of fused-ring (bicyclic) bond motifs is 1. The number of carbonyl (C=O) groups is 1. The van der Waals surface area contributed by atoms with Crippen LogP contribution in [0.1, 0.15) is 58.8 Å². The van der Waals surface area contributed by atoms with Crippen molar-refractivity contribution in [2.24, 2.45) is 0 Å². The molecule has 8 nitrogen and oxygen atoms in total. The molecule has 284 valence electrons. The molecule has 2 aliphatic rings. The van der Waals surface area contributed by atoms with Gasteiger partial charge in [-0.25, -0.2) is 13.4 Å². The normalized spacial score (nSPS) is 18.0. The molecule has 6 rings (SSSR count). The van der Waals surface area contributed by atoms with Gasteiger partial charge < -0.3 is 15.0 Å². The zero-order chi connectivity index (χ0) is 38.1. The number of halogens is 6. The lowest BCUT2D eigenvalue weighted by atomic mass is 9.93. The predicted molar refractivity (Wildman–Crippen MR) is 188 cm³/mol. The van der Waals surface area contributed by atoms with E-state index in [1.807, 2.05) is 4.90 Å². The maximum atomic E-state index is 14.6. The molecule has 1 atom stereocenters. The maximum absolute atomic E-state index is 14.6. The number of methoxy groups -OCH3 is 1. The summed E-state index contributed by atoms with van der Waals surface area (Å²) in [7, 11) is -2.16. The first kappa shape index (κ1) is 38.7. The van der Waals surface area contributed by atoms with Crippen LogP contribution >= 0.6 is 0 Å². The van der Waals surface area contributed by atoms with Gasteiger partial charge in [-0.2, -0.15) is 26.3 Å². The van der Waals surface area contributed by atoms with E-state index in [-0.39, 0.29) is 62.4 Å². The molecular formula is C38H40F6N4O4S. The molecule has 0 aliphatic carbocycles. The lowest BCUT2D eigenvalue weighted by Crippen LogP contribution is -2.48. The van der Waals surface area contributed by atoms with E-state index in [0.29, 0.717) is 13.1 Å². The van der Waals surface area contributed by atoms with Crippen LogP contribution in [0.3, 0.4) is 0 Å². The fourth-order valence-corrected chi connectivity index (χ4v) is 8.00. The van der Waals surface area contributed by atoms with Gasteiger partial charge >= 0.3 is 12.4 Å². The number of carbonyl (C=O) groups excluding carboxylic acids is 1. The Hall–Kier alpha value is -4.05. The number of amides is 1. The standard InChI is InChI=1S/C38H40F6N4O4S/c1-52-28-15-19-48(20-16-28)27-13-17-47(18-14-27)23-31-33(36(49)46-35(38(42,43)44)24-7-4-3-5-8-24)30-22-29(53(2,50)51)11-12-32(30)45-34(31)25-9-6-10-26(21-25)37(39,40)41/h3-12,21-22,27-28,35H,13-20,23H2,1-2H3,(H,46,49). The van der Waals surface area contributed by atoms with E-state index in [4.69, 9.17) is 4.74 Å². The predicted octanol–water partition coefficient (Wildman–Crippen LogP) is 7.43. The SMILES string of the molecule is COC1CCN(C2CCN(Cc3c(-c4cccc(C(F)(F)F)c4)nc4ccc(S(C)(=O)=O)cc4c3C(=O)NC(c3ccccc3)C(F)(F)F)CC2)CC1. The molecule has 15 heteroatoms. The minimum Gasteiger partial charge on any atom is -0.381 e. The molecule has 0 spiro atoms. The number of alkyl halides is 6. The summed E-state index contributed by atoms with van der Waals surface area (Å²) < 4.78 is 116. The third-order valence-electron chi connectivity index (χ3n) is 10.2. The molecule has 2 aliphatic heterocycles. The Balaban J connectivity index is 1.48. The van der Waals surface area contributed by atoms with Crippen LogP contribution in [-0.4, -0.2) is 87.0 Å². The van der Waals surface area contributed by atoms with Gasteiger partial charge in [-0.15, -0.1) is 0 Å². The van der Waals surface area contributed by atoms with E-state index >= 15 is 0 Å². The number of rotatable bonds is 9. The molecule has 53 heavy (non-hydrogen) atoms. The zero-order valence-corrected chi connectivity index (χ0v) is 30.0. The van der Waals surface area contributed by atoms with Crippen molar-refractivity contribution in [3.63, 3.8) is 0 Å². The van der Waals surface area contributed by atoms with Gasteiger partial charge in [0.15, 0.2) is 15.9 Å². The van der Waals surface area contributed by atoms with Crippen molar-refractivity contribution >= 4 is 26.6 Å². The number of aromatic nitrogens is 1. The lowest BCUT2D eigenvalue weighted by Gasteiger charge is -2.41. The van der Waals surface area contributed by atoms with Crippen LogP contribution in [0.2, 0.25) is 0 Å². The first-order valence-corrected chi connectivity index (χ1v) is 19.2. The summed E-state index contributed by atoms with van der Waals surface area (Å²) in [5.41, 5.74) is -1.40. The number of nitrogens with zero attached hydrogens (tertiary/aromatic N) is 3. The number of ether oxygens (including phenoxy) is 1. The van der Waals surface area contributed by atoms with Gasteiger partial charge in [-0.3, -0.25) is 9.69 Å². The number of hydrogen-bond donors (Lipinski definition) is 1. The number of nitrogens with one attached hydrogen (secondary N) is 1. The van der Waals surface area contributed by atoms with Gasteiger partial charge in [0.1, 0.15) is 0 Å². The minimum atomic E-state index is -4.93. The highest BCUT2D eigenvalue weighted by Gasteiger charge is 2.43. The number of hydrogen-bond acceptors (Lipinski definition) is 7. The average Bonchev–Trinajstić information content (AvgIpc) is 3.12. The molecular weight excluding hydrogens is 722 g/mol. The third-order valence-corrected chi connectivity index (χ3v) is 11.3. The van der Waals surface area contributed by atoms with Gasteiger partial charge in [0.05, 0.1) is 33.3 Å². The molecule has 4 aromatic rings. The van der Waals surface area contributed by atoms with Crippen LogP contribution in [0.4, 0.5) is 26.3 Å². The lowest BCUT2D eigenvalue weighted by molar-refractivity contribution is -0.155.